The summed E-state index contributed by atoms with van der Waals surface area (Å²) in [6.07, 6.45) is 6.65. The molecule has 0 unspecified atom stereocenters. The Morgan fingerprint density at radius 2 is 1.97 bits per heavy atom. The van der Waals surface area contributed by atoms with E-state index in [1.54, 1.807) is 47.5 Å². The predicted molar refractivity (Wildman–Crippen MR) is 114 cm³/mol. The second kappa shape index (κ2) is 8.95. The van der Waals surface area contributed by atoms with Crippen LogP contribution in [0.5, 0.6) is 11.6 Å². The van der Waals surface area contributed by atoms with Crippen molar-refractivity contribution in [2.24, 2.45) is 0 Å². The minimum Gasteiger partial charge on any atom is -0.503 e. The Kier molecular flexibility index (Phi) is 5.74. The maximum absolute atomic E-state index is 12.1. The lowest BCUT2D eigenvalue weighted by atomic mass is 10.1. The molecule has 31 heavy (non-hydrogen) atoms. The van der Waals surface area contributed by atoms with Crippen molar-refractivity contribution in [3.63, 3.8) is 0 Å². The molecule has 0 atom stereocenters. The van der Waals surface area contributed by atoms with Crippen molar-refractivity contribution in [3.05, 3.63) is 55.1 Å². The van der Waals surface area contributed by atoms with Gasteiger partial charge in [-0.2, -0.15) is 0 Å². The molecule has 0 radical (unpaired) electrons. The molecule has 4 rings (SSSR count). The van der Waals surface area contributed by atoms with Gasteiger partial charge in [-0.1, -0.05) is 0 Å². The molecule has 11 nitrogen and oxygen atoms in total. The third kappa shape index (κ3) is 4.78. The largest absolute Gasteiger partial charge is 0.503 e. The lowest BCUT2D eigenvalue weighted by Gasteiger charge is -2.06. The molecule has 11 heteroatoms. The van der Waals surface area contributed by atoms with E-state index in [1.165, 1.54) is 7.11 Å². The maximum atomic E-state index is 12.1. The van der Waals surface area contributed by atoms with Crippen molar-refractivity contribution in [2.45, 2.75) is 0 Å². The summed E-state index contributed by atoms with van der Waals surface area (Å²) in [5.74, 6) is 1.03. The highest BCUT2D eigenvalue weighted by atomic mass is 16.5. The zero-order valence-electron chi connectivity index (χ0n) is 16.6. The number of hydrogen-bond acceptors (Lipinski definition) is 8. The fourth-order valence-corrected chi connectivity index (χ4v) is 2.89. The molecule has 0 aliphatic carbocycles. The second-order valence-corrected chi connectivity index (χ2v) is 6.45. The van der Waals surface area contributed by atoms with Crippen LogP contribution in [0.2, 0.25) is 0 Å². The molecular weight excluding hydrogens is 400 g/mol. The minimum absolute atomic E-state index is 0.0410. The Morgan fingerprint density at radius 1 is 1.13 bits per heavy atom. The zero-order chi connectivity index (χ0) is 21.6. The molecule has 4 aromatic rings. The van der Waals surface area contributed by atoms with Crippen LogP contribution in [0.25, 0.3) is 16.6 Å². The molecule has 0 aromatic carbocycles. The predicted octanol–water partition coefficient (Wildman–Crippen LogP) is 2.13. The van der Waals surface area contributed by atoms with Gasteiger partial charge in [0.15, 0.2) is 11.6 Å². The number of methoxy groups -OCH3 is 1. The van der Waals surface area contributed by atoms with Gasteiger partial charge in [0.2, 0.25) is 5.95 Å². The van der Waals surface area contributed by atoms with Gasteiger partial charge in [0, 0.05) is 49.5 Å². The number of anilines is 2. The summed E-state index contributed by atoms with van der Waals surface area (Å²) in [5, 5.41) is 22.7. The van der Waals surface area contributed by atoms with Crippen molar-refractivity contribution in [3.8, 4) is 22.8 Å². The van der Waals surface area contributed by atoms with Crippen molar-refractivity contribution in [1.29, 1.82) is 0 Å². The second-order valence-electron chi connectivity index (χ2n) is 6.45. The molecule has 4 N–H and O–H groups in total. The molecule has 0 fully saturated rings. The fourth-order valence-electron chi connectivity index (χ4n) is 2.89. The number of fused-ring (bicyclic) bond motifs is 1. The molecule has 4 heterocycles. The molecule has 0 spiro atoms. The van der Waals surface area contributed by atoms with Crippen LogP contribution in [0.3, 0.4) is 0 Å². The number of rotatable bonds is 7. The van der Waals surface area contributed by atoms with E-state index in [4.69, 9.17) is 4.74 Å². The molecule has 0 aliphatic rings. The summed E-state index contributed by atoms with van der Waals surface area (Å²) in [6.45, 7) is 0.865. The van der Waals surface area contributed by atoms with Crippen molar-refractivity contribution >= 4 is 23.3 Å². The lowest BCUT2D eigenvalue weighted by Crippen LogP contribution is -2.32. The van der Waals surface area contributed by atoms with Crippen LogP contribution in [-0.4, -0.2) is 55.9 Å². The molecule has 0 saturated heterocycles. The number of nitrogens with zero attached hydrogens (tertiary/aromatic N) is 5. The summed E-state index contributed by atoms with van der Waals surface area (Å²) < 4.78 is 6.62. The molecule has 158 valence electrons. The quantitative estimate of drug-likeness (QED) is 0.334. The van der Waals surface area contributed by atoms with Crippen LogP contribution in [0.15, 0.2) is 55.1 Å². The first-order valence-corrected chi connectivity index (χ1v) is 9.41. The SMILES string of the molecule is COc1ncc(-c2ccn3nc(NC(=O)NCCNc4ncccn4)cc3c2)cc1O. The van der Waals surface area contributed by atoms with Gasteiger partial charge < -0.3 is 20.5 Å². The van der Waals surface area contributed by atoms with Gasteiger partial charge in [0.1, 0.15) is 0 Å². The summed E-state index contributed by atoms with van der Waals surface area (Å²) >= 11 is 0. The molecule has 0 aliphatic heterocycles. The van der Waals surface area contributed by atoms with Crippen LogP contribution in [0.1, 0.15) is 0 Å². The normalized spacial score (nSPS) is 10.6. The van der Waals surface area contributed by atoms with Crippen LogP contribution < -0.4 is 20.7 Å². The van der Waals surface area contributed by atoms with Gasteiger partial charge in [-0.25, -0.2) is 24.3 Å². The summed E-state index contributed by atoms with van der Waals surface area (Å²) in [7, 11) is 1.44. The Hall–Kier alpha value is -4.41. The number of nitrogens with one attached hydrogen (secondary N) is 3. The van der Waals surface area contributed by atoms with Gasteiger partial charge in [0.05, 0.1) is 12.6 Å². The number of aromatic hydroxyl groups is 1. The van der Waals surface area contributed by atoms with E-state index in [9.17, 15) is 9.90 Å². The Morgan fingerprint density at radius 3 is 2.74 bits per heavy atom. The van der Waals surface area contributed by atoms with Gasteiger partial charge in [0.25, 0.3) is 5.88 Å². The topological polar surface area (TPSA) is 139 Å². The first-order valence-electron chi connectivity index (χ1n) is 9.41. The van der Waals surface area contributed by atoms with Crippen LogP contribution >= 0.6 is 0 Å². The molecule has 0 bridgehead atoms. The average molecular weight is 420 g/mol. The van der Waals surface area contributed by atoms with E-state index in [1.807, 2.05) is 12.1 Å². The molecular formula is C20H20N8O3. The average Bonchev–Trinajstić information content (AvgIpc) is 3.18. The van der Waals surface area contributed by atoms with E-state index >= 15 is 0 Å². The number of carbonyl (C=O) groups is 1. The third-order valence-electron chi connectivity index (χ3n) is 4.32. The van der Waals surface area contributed by atoms with Crippen LogP contribution in [-0.2, 0) is 0 Å². The highest BCUT2D eigenvalue weighted by molar-refractivity contribution is 5.89. The number of carbonyl (C=O) groups excluding carboxylic acids is 1. The van der Waals surface area contributed by atoms with Gasteiger partial charge >= 0.3 is 6.03 Å². The number of amides is 2. The standard InChI is InChI=1S/C20H20N8O3/c1-31-18-16(29)10-14(12-25-18)13-3-8-28-15(9-13)11-17(27-28)26-20(30)24-7-6-23-19-21-4-2-5-22-19/h2-5,8-12,29H,6-7H2,1H3,(H,21,22,23)(H2,24,26,27,30). The highest BCUT2D eigenvalue weighted by Crippen LogP contribution is 2.29. The summed E-state index contributed by atoms with van der Waals surface area (Å²) in [5.41, 5.74) is 2.33. The Balaban J connectivity index is 1.36. The lowest BCUT2D eigenvalue weighted by molar-refractivity contribution is 0.252. The molecule has 0 saturated carbocycles. The van der Waals surface area contributed by atoms with E-state index in [0.717, 1.165) is 16.6 Å². The number of hydrogen-bond donors (Lipinski definition) is 4. The van der Waals surface area contributed by atoms with Crippen LogP contribution in [0.4, 0.5) is 16.6 Å². The highest BCUT2D eigenvalue weighted by Gasteiger charge is 2.09. The van der Waals surface area contributed by atoms with Crippen LogP contribution in [0, 0.1) is 0 Å². The Bertz CT molecular complexity index is 1200. The van der Waals surface area contributed by atoms with E-state index < -0.39 is 0 Å². The van der Waals surface area contributed by atoms with Crippen molar-refractivity contribution in [2.75, 3.05) is 30.8 Å². The first-order chi connectivity index (χ1) is 15.1. The summed E-state index contributed by atoms with van der Waals surface area (Å²) in [4.78, 5) is 24.3. The maximum Gasteiger partial charge on any atom is 0.320 e. The number of aromatic nitrogens is 5. The first kappa shape index (κ1) is 19.9. The monoisotopic (exact) mass is 420 g/mol. The molecule has 2 amide bonds. The van der Waals surface area contributed by atoms with Crippen molar-refractivity contribution < 1.29 is 14.6 Å². The van der Waals surface area contributed by atoms with Gasteiger partial charge in [-0.3, -0.25) is 5.32 Å². The van der Waals surface area contributed by atoms with Crippen molar-refractivity contribution in [1.82, 2.24) is 29.9 Å². The number of pyridine rings is 2. The number of ether oxygens (including phenoxy) is 1. The fraction of sp³-hybridized carbons (Fsp3) is 0.150. The zero-order valence-corrected chi connectivity index (χ0v) is 16.6. The van der Waals surface area contributed by atoms with Gasteiger partial charge in [-0.05, 0) is 29.8 Å². The Labute approximate surface area is 177 Å². The number of urea groups is 1. The van der Waals surface area contributed by atoms with Gasteiger partial charge in [-0.15, -0.1) is 5.10 Å². The molecule has 4 aromatic heterocycles. The van der Waals surface area contributed by atoms with E-state index in [0.29, 0.717) is 24.9 Å². The third-order valence-corrected chi connectivity index (χ3v) is 4.32. The minimum atomic E-state index is -0.372. The van der Waals surface area contributed by atoms with E-state index in [-0.39, 0.29) is 17.7 Å². The summed E-state index contributed by atoms with van der Waals surface area (Å²) in [6, 6.07) is 8.40. The smallest absolute Gasteiger partial charge is 0.320 e. The van der Waals surface area contributed by atoms with E-state index in [2.05, 4.69) is 36.0 Å².